The molecule has 0 spiro atoms. The van der Waals surface area contributed by atoms with Crippen molar-refractivity contribution in [2.45, 2.75) is 50.7 Å². The van der Waals surface area contributed by atoms with Crippen molar-refractivity contribution in [3.8, 4) is 0 Å². The average molecular weight is 452 g/mol. The van der Waals surface area contributed by atoms with E-state index in [9.17, 15) is 0 Å². The Balaban J connectivity index is 1.70. The van der Waals surface area contributed by atoms with E-state index in [4.69, 9.17) is 15.7 Å². The van der Waals surface area contributed by atoms with Crippen molar-refractivity contribution in [3.05, 3.63) is 114 Å². The molecule has 1 aromatic carbocycles. The molecule has 3 unspecified atom stereocenters. The first-order valence-electron chi connectivity index (χ1n) is 12.3. The SMILES string of the molecule is C=CCc1ccc(N(C2CCCc3cccnc32)C(c2ncc[nH]2)C2C=CC=CC2)c(CN)c1. The molecule has 5 rings (SSSR count). The third-order valence-corrected chi connectivity index (χ3v) is 7.04. The van der Waals surface area contributed by atoms with E-state index in [-0.39, 0.29) is 18.0 Å². The zero-order valence-electron chi connectivity index (χ0n) is 19.6. The van der Waals surface area contributed by atoms with Crippen molar-refractivity contribution >= 4 is 5.69 Å². The monoisotopic (exact) mass is 451 g/mol. The van der Waals surface area contributed by atoms with Gasteiger partial charge in [0.25, 0.3) is 0 Å². The van der Waals surface area contributed by atoms with E-state index in [1.54, 1.807) is 0 Å². The van der Waals surface area contributed by atoms with Gasteiger partial charge in [0.2, 0.25) is 0 Å². The predicted octanol–water partition coefficient (Wildman–Crippen LogP) is 5.75. The number of anilines is 1. The second-order valence-corrected chi connectivity index (χ2v) is 9.15. The topological polar surface area (TPSA) is 70.8 Å². The maximum atomic E-state index is 6.36. The molecule has 3 N–H and O–H groups in total. The number of benzene rings is 1. The maximum Gasteiger partial charge on any atom is 0.129 e. The molecule has 0 saturated carbocycles. The molecule has 2 aliphatic rings. The smallest absolute Gasteiger partial charge is 0.129 e. The number of aromatic nitrogens is 3. The number of nitrogens with zero attached hydrogens (tertiary/aromatic N) is 3. The van der Waals surface area contributed by atoms with Crippen molar-refractivity contribution < 1.29 is 0 Å². The number of nitrogens with one attached hydrogen (secondary N) is 1. The lowest BCUT2D eigenvalue weighted by atomic mass is 9.84. The zero-order valence-corrected chi connectivity index (χ0v) is 19.6. The Labute approximate surface area is 202 Å². The van der Waals surface area contributed by atoms with Gasteiger partial charge in [-0.1, -0.05) is 48.6 Å². The van der Waals surface area contributed by atoms with Crippen LogP contribution in [0.15, 0.2) is 85.9 Å². The molecule has 0 amide bonds. The summed E-state index contributed by atoms with van der Waals surface area (Å²) < 4.78 is 0. The van der Waals surface area contributed by atoms with E-state index >= 15 is 0 Å². The van der Waals surface area contributed by atoms with E-state index in [1.165, 1.54) is 22.5 Å². The first-order chi connectivity index (χ1) is 16.8. The first kappa shape index (κ1) is 22.4. The van der Waals surface area contributed by atoms with Gasteiger partial charge in [0, 0.05) is 36.7 Å². The second-order valence-electron chi connectivity index (χ2n) is 9.15. The summed E-state index contributed by atoms with van der Waals surface area (Å²) in [5.74, 6) is 1.26. The highest BCUT2D eigenvalue weighted by Gasteiger charge is 2.38. The summed E-state index contributed by atoms with van der Waals surface area (Å²) in [6.07, 6.45) is 21.6. The predicted molar refractivity (Wildman–Crippen MR) is 138 cm³/mol. The van der Waals surface area contributed by atoms with E-state index < -0.39 is 0 Å². The van der Waals surface area contributed by atoms with Crippen LogP contribution in [-0.2, 0) is 19.4 Å². The molecule has 0 bridgehead atoms. The van der Waals surface area contributed by atoms with Crippen LogP contribution in [-0.4, -0.2) is 15.0 Å². The van der Waals surface area contributed by atoms with Gasteiger partial charge in [-0.25, -0.2) is 4.98 Å². The van der Waals surface area contributed by atoms with Crippen LogP contribution in [0.1, 0.15) is 59.6 Å². The van der Waals surface area contributed by atoms with E-state index in [2.05, 4.69) is 71.1 Å². The summed E-state index contributed by atoms with van der Waals surface area (Å²) in [6, 6.07) is 11.2. The summed E-state index contributed by atoms with van der Waals surface area (Å²) in [5.41, 5.74) is 12.4. The van der Waals surface area contributed by atoms with Crippen LogP contribution in [0.5, 0.6) is 0 Å². The third kappa shape index (κ3) is 4.36. The molecule has 5 heteroatoms. The van der Waals surface area contributed by atoms with Crippen molar-refractivity contribution in [1.29, 1.82) is 0 Å². The first-order valence-corrected chi connectivity index (χ1v) is 12.3. The highest BCUT2D eigenvalue weighted by atomic mass is 15.2. The van der Waals surface area contributed by atoms with Crippen LogP contribution in [0, 0.1) is 5.92 Å². The Morgan fingerprint density at radius 2 is 2.15 bits per heavy atom. The van der Waals surface area contributed by atoms with Crippen molar-refractivity contribution in [3.63, 3.8) is 0 Å². The third-order valence-electron chi connectivity index (χ3n) is 7.04. The molecular formula is C29H33N5. The van der Waals surface area contributed by atoms with Crippen molar-refractivity contribution in [1.82, 2.24) is 15.0 Å². The van der Waals surface area contributed by atoms with Gasteiger partial charge in [0.15, 0.2) is 0 Å². The lowest BCUT2D eigenvalue weighted by molar-refractivity contribution is 0.390. The highest BCUT2D eigenvalue weighted by molar-refractivity contribution is 5.59. The molecule has 3 aromatic rings. The lowest BCUT2D eigenvalue weighted by Gasteiger charge is -2.44. The second kappa shape index (κ2) is 10.2. The number of pyridine rings is 1. The minimum Gasteiger partial charge on any atom is -0.352 e. The molecule has 3 atom stereocenters. The van der Waals surface area contributed by atoms with Gasteiger partial charge in [-0.2, -0.15) is 0 Å². The van der Waals surface area contributed by atoms with Gasteiger partial charge in [-0.3, -0.25) is 4.98 Å². The molecule has 2 aromatic heterocycles. The molecule has 5 nitrogen and oxygen atoms in total. The molecule has 0 fully saturated rings. The molecule has 0 saturated heterocycles. The molecule has 34 heavy (non-hydrogen) atoms. The zero-order chi connectivity index (χ0) is 23.3. The summed E-state index contributed by atoms with van der Waals surface area (Å²) in [7, 11) is 0. The van der Waals surface area contributed by atoms with Crippen LogP contribution < -0.4 is 10.6 Å². The van der Waals surface area contributed by atoms with Crippen molar-refractivity contribution in [2.75, 3.05) is 4.90 Å². The highest BCUT2D eigenvalue weighted by Crippen LogP contribution is 2.45. The Morgan fingerprint density at radius 1 is 1.21 bits per heavy atom. The number of aryl methyl sites for hydroxylation is 1. The summed E-state index contributed by atoms with van der Waals surface area (Å²) >= 11 is 0. The quantitative estimate of drug-likeness (QED) is 0.428. The van der Waals surface area contributed by atoms with Crippen LogP contribution >= 0.6 is 0 Å². The average Bonchev–Trinajstić information content (AvgIpc) is 3.42. The number of fused-ring (bicyclic) bond motifs is 1. The van der Waals surface area contributed by atoms with Gasteiger partial charge in [-0.05, 0) is 60.9 Å². The maximum absolute atomic E-state index is 6.36. The summed E-state index contributed by atoms with van der Waals surface area (Å²) in [4.78, 5) is 15.7. The summed E-state index contributed by atoms with van der Waals surface area (Å²) in [6.45, 7) is 4.39. The standard InChI is InChI=1S/C29H33N5/c1-2-8-21-14-15-25(24(19-21)20-30)34(26-13-6-11-22-12-7-16-31-27(22)26)28(29-32-17-18-33-29)23-9-4-3-5-10-23/h2-5,7,9,12,14-19,23,26,28H,1,6,8,10-11,13,20,30H2,(H,32,33). The van der Waals surface area contributed by atoms with Crippen molar-refractivity contribution in [2.24, 2.45) is 11.7 Å². The molecule has 2 aliphatic carbocycles. The number of aromatic amines is 1. The van der Waals surface area contributed by atoms with Crippen LogP contribution in [0.3, 0.4) is 0 Å². The van der Waals surface area contributed by atoms with Crippen LogP contribution in [0.2, 0.25) is 0 Å². The van der Waals surface area contributed by atoms with Crippen LogP contribution in [0.4, 0.5) is 5.69 Å². The van der Waals surface area contributed by atoms with Gasteiger partial charge >= 0.3 is 0 Å². The minimum absolute atomic E-state index is 0.0321. The van der Waals surface area contributed by atoms with Gasteiger partial charge in [0.05, 0.1) is 17.8 Å². The molecule has 0 aliphatic heterocycles. The molecular weight excluding hydrogens is 418 g/mol. The molecule has 2 heterocycles. The fourth-order valence-corrected chi connectivity index (χ4v) is 5.53. The number of rotatable bonds is 8. The number of hydrogen-bond acceptors (Lipinski definition) is 4. The fraction of sp³-hybridized carbons (Fsp3) is 0.310. The number of allylic oxidation sites excluding steroid dienone is 4. The molecule has 0 radical (unpaired) electrons. The number of nitrogens with two attached hydrogens (primary N) is 1. The van der Waals surface area contributed by atoms with Crippen LogP contribution in [0.25, 0.3) is 0 Å². The van der Waals surface area contributed by atoms with E-state index in [0.717, 1.165) is 43.5 Å². The fourth-order valence-electron chi connectivity index (χ4n) is 5.53. The van der Waals surface area contributed by atoms with E-state index in [0.29, 0.717) is 6.54 Å². The molecule has 174 valence electrons. The number of imidazole rings is 1. The van der Waals surface area contributed by atoms with E-state index in [1.807, 2.05) is 24.7 Å². The Kier molecular flexibility index (Phi) is 6.72. The summed E-state index contributed by atoms with van der Waals surface area (Å²) in [5, 5.41) is 0. The van der Waals surface area contributed by atoms with Gasteiger partial charge in [-0.15, -0.1) is 6.58 Å². The Bertz CT molecular complexity index is 1180. The Hall–Kier alpha value is -3.44. The minimum atomic E-state index is 0.0321. The largest absolute Gasteiger partial charge is 0.352 e. The lowest BCUT2D eigenvalue weighted by Crippen LogP contribution is -2.40. The normalized spacial score (nSPS) is 20.0. The Morgan fingerprint density at radius 3 is 2.91 bits per heavy atom. The van der Waals surface area contributed by atoms with Gasteiger partial charge < -0.3 is 15.6 Å². The number of H-pyrrole nitrogens is 1. The van der Waals surface area contributed by atoms with Gasteiger partial charge in [0.1, 0.15) is 5.82 Å². The number of hydrogen-bond donors (Lipinski definition) is 2.